The van der Waals surface area contributed by atoms with Crippen molar-refractivity contribution in [2.45, 2.75) is 0 Å². The van der Waals surface area contributed by atoms with Crippen LogP contribution in [-0.4, -0.2) is 26.3 Å². The van der Waals surface area contributed by atoms with Gasteiger partial charge in [-0.05, 0) is 6.08 Å². The third-order valence-corrected chi connectivity index (χ3v) is 1.31. The van der Waals surface area contributed by atoms with Gasteiger partial charge in [-0.15, -0.1) is 0 Å². The predicted molar refractivity (Wildman–Crippen MR) is 62.5 cm³/mol. The number of aliphatic imine (C=N–C) groups is 2. The zero-order valence-electron chi connectivity index (χ0n) is 8.62. The molecule has 0 saturated heterocycles. The van der Waals surface area contributed by atoms with E-state index in [1.807, 2.05) is 0 Å². The third kappa shape index (κ3) is 4.92. The van der Waals surface area contributed by atoms with E-state index in [1.165, 1.54) is 0 Å². The van der Waals surface area contributed by atoms with Gasteiger partial charge in [-0.2, -0.15) is 0 Å². The fourth-order valence-electron chi connectivity index (χ4n) is 0.695. The van der Waals surface area contributed by atoms with Gasteiger partial charge in [0.15, 0.2) is 0 Å². The minimum Gasteiger partial charge on any atom is -0.375 e. The Morgan fingerprint density at radius 1 is 1.29 bits per heavy atom. The van der Waals surface area contributed by atoms with Gasteiger partial charge in [0, 0.05) is 20.3 Å². The number of hydrogen-bond donors (Lipinski definition) is 2. The molecule has 0 amide bonds. The summed E-state index contributed by atoms with van der Waals surface area (Å²) < 4.78 is 0. The van der Waals surface area contributed by atoms with Crippen LogP contribution in [0.3, 0.4) is 0 Å². The lowest BCUT2D eigenvalue weighted by atomic mass is 10.5. The highest BCUT2D eigenvalue weighted by molar-refractivity contribution is 5.91. The van der Waals surface area contributed by atoms with E-state index in [0.717, 1.165) is 5.82 Å². The van der Waals surface area contributed by atoms with E-state index in [-0.39, 0.29) is 0 Å². The fourth-order valence-corrected chi connectivity index (χ4v) is 0.695. The van der Waals surface area contributed by atoms with Gasteiger partial charge in [-0.3, -0.25) is 4.99 Å². The average Bonchev–Trinajstić information content (AvgIpc) is 2.22. The Labute approximate surface area is 84.8 Å². The zero-order chi connectivity index (χ0) is 10.8. The molecule has 4 heteroatoms. The summed E-state index contributed by atoms with van der Waals surface area (Å²) in [4.78, 5) is 7.95. The highest BCUT2D eigenvalue weighted by Gasteiger charge is 1.95. The van der Waals surface area contributed by atoms with Crippen LogP contribution in [0.5, 0.6) is 0 Å². The highest BCUT2D eigenvalue weighted by atomic mass is 15.2. The molecule has 0 aromatic heterocycles. The van der Waals surface area contributed by atoms with Crippen LogP contribution < -0.4 is 10.6 Å². The molecule has 0 aromatic carbocycles. The molecule has 0 radical (unpaired) electrons. The molecule has 0 aliphatic rings. The minimum atomic E-state index is 0.507. The predicted octanol–water partition coefficient (Wildman–Crippen LogP) is 1.07. The van der Waals surface area contributed by atoms with Crippen LogP contribution in [0.4, 0.5) is 0 Å². The Kier molecular flexibility index (Phi) is 6.77. The molecule has 2 N–H and O–H groups in total. The molecule has 0 bridgehead atoms. The van der Waals surface area contributed by atoms with Crippen molar-refractivity contribution in [1.29, 1.82) is 0 Å². The van der Waals surface area contributed by atoms with Crippen LogP contribution in [0.25, 0.3) is 0 Å². The number of hydrogen-bond acceptors (Lipinski definition) is 2. The maximum absolute atomic E-state index is 4.01. The van der Waals surface area contributed by atoms with Crippen molar-refractivity contribution in [1.82, 2.24) is 10.6 Å². The van der Waals surface area contributed by atoms with E-state index in [0.29, 0.717) is 5.96 Å². The van der Waals surface area contributed by atoms with E-state index in [9.17, 15) is 0 Å². The van der Waals surface area contributed by atoms with Crippen LogP contribution in [0.2, 0.25) is 0 Å². The summed E-state index contributed by atoms with van der Waals surface area (Å²) in [7, 11) is 3.46. The lowest BCUT2D eigenvalue weighted by Crippen LogP contribution is -2.28. The third-order valence-electron chi connectivity index (χ3n) is 1.31. The smallest absolute Gasteiger partial charge is 0.223 e. The fraction of sp³-hybridized carbons (Fsp3) is 0.200. The van der Waals surface area contributed by atoms with Gasteiger partial charge < -0.3 is 10.6 Å². The number of rotatable bonds is 4. The van der Waals surface area contributed by atoms with Gasteiger partial charge in [0.05, 0.1) is 0 Å². The van der Waals surface area contributed by atoms with Crippen LogP contribution in [0.1, 0.15) is 0 Å². The molecular formula is C10H16N4. The van der Waals surface area contributed by atoms with Crippen molar-refractivity contribution in [3.8, 4) is 0 Å². The Morgan fingerprint density at radius 3 is 2.43 bits per heavy atom. The Balaban J connectivity index is 4.44. The van der Waals surface area contributed by atoms with Gasteiger partial charge in [0.2, 0.25) is 5.96 Å². The highest BCUT2D eigenvalue weighted by Crippen LogP contribution is 1.85. The quantitative estimate of drug-likeness (QED) is 0.397. The normalized spacial score (nSPS) is 12.7. The van der Waals surface area contributed by atoms with E-state index in [1.54, 1.807) is 38.5 Å². The first-order valence-electron chi connectivity index (χ1n) is 4.17. The molecule has 0 unspecified atom stereocenters. The van der Waals surface area contributed by atoms with Gasteiger partial charge in [-0.25, -0.2) is 4.99 Å². The first-order valence-corrected chi connectivity index (χ1v) is 4.17. The lowest BCUT2D eigenvalue weighted by molar-refractivity contribution is 0.889. The molecule has 0 aromatic rings. The summed E-state index contributed by atoms with van der Waals surface area (Å²) in [6, 6.07) is 0. The maximum Gasteiger partial charge on any atom is 0.223 e. The van der Waals surface area contributed by atoms with Crippen LogP contribution in [-0.2, 0) is 0 Å². The second-order valence-corrected chi connectivity index (χ2v) is 2.25. The van der Waals surface area contributed by atoms with Gasteiger partial charge in [0.25, 0.3) is 0 Å². The summed E-state index contributed by atoms with van der Waals surface area (Å²) >= 11 is 0. The molecule has 0 aliphatic carbocycles. The minimum absolute atomic E-state index is 0.507. The summed E-state index contributed by atoms with van der Waals surface area (Å²) in [5, 5.41) is 5.91. The summed E-state index contributed by atoms with van der Waals surface area (Å²) in [6.45, 7) is 7.12. The molecule has 0 atom stereocenters. The lowest BCUT2D eigenvalue weighted by Gasteiger charge is -2.07. The van der Waals surface area contributed by atoms with Gasteiger partial charge >= 0.3 is 0 Å². The second kappa shape index (κ2) is 7.79. The largest absolute Gasteiger partial charge is 0.375 e. The van der Waals surface area contributed by atoms with Crippen molar-refractivity contribution in [2.75, 3.05) is 14.1 Å². The van der Waals surface area contributed by atoms with Gasteiger partial charge in [0.1, 0.15) is 5.82 Å². The SMILES string of the molecule is C=C/C=N/C(=NC)N/C(=C/C=C)NC. The molecule has 0 fully saturated rings. The Morgan fingerprint density at radius 2 is 2.00 bits per heavy atom. The second-order valence-electron chi connectivity index (χ2n) is 2.25. The van der Waals surface area contributed by atoms with Crippen molar-refractivity contribution >= 4 is 12.2 Å². The standard InChI is InChI=1S/C10H16N4/c1-5-7-9(11-3)14-10(12-4)13-8-6-2/h5-8,11H,1-2H2,3-4H3,(H,12,14)/b9-7+,13-8+. The summed E-state index contributed by atoms with van der Waals surface area (Å²) in [6.07, 6.45) is 6.61. The molecule has 0 saturated carbocycles. The number of nitrogens with one attached hydrogen (secondary N) is 2. The molecule has 0 rings (SSSR count). The maximum atomic E-state index is 4.01. The first-order chi connectivity index (χ1) is 6.78. The van der Waals surface area contributed by atoms with Crippen LogP contribution in [0.15, 0.2) is 47.2 Å². The average molecular weight is 192 g/mol. The van der Waals surface area contributed by atoms with Crippen molar-refractivity contribution in [2.24, 2.45) is 9.98 Å². The number of guanidine groups is 1. The Bertz CT molecular complexity index is 274. The topological polar surface area (TPSA) is 48.8 Å². The molecular weight excluding hydrogens is 176 g/mol. The van der Waals surface area contributed by atoms with Crippen molar-refractivity contribution in [3.63, 3.8) is 0 Å². The number of allylic oxidation sites excluding steroid dienone is 3. The molecule has 14 heavy (non-hydrogen) atoms. The monoisotopic (exact) mass is 192 g/mol. The Hall–Kier alpha value is -1.84. The molecule has 0 aliphatic heterocycles. The van der Waals surface area contributed by atoms with E-state index >= 15 is 0 Å². The molecule has 0 spiro atoms. The zero-order valence-corrected chi connectivity index (χ0v) is 8.62. The summed E-state index contributed by atoms with van der Waals surface area (Å²) in [5.41, 5.74) is 0. The molecule has 4 nitrogen and oxygen atoms in total. The van der Waals surface area contributed by atoms with Crippen LogP contribution >= 0.6 is 0 Å². The van der Waals surface area contributed by atoms with Crippen molar-refractivity contribution < 1.29 is 0 Å². The molecule has 0 heterocycles. The van der Waals surface area contributed by atoms with E-state index < -0.39 is 0 Å². The number of nitrogens with zero attached hydrogens (tertiary/aromatic N) is 2. The van der Waals surface area contributed by atoms with Gasteiger partial charge in [-0.1, -0.05) is 25.3 Å². The van der Waals surface area contributed by atoms with E-state index in [2.05, 4.69) is 33.8 Å². The van der Waals surface area contributed by atoms with Crippen LogP contribution in [0, 0.1) is 0 Å². The van der Waals surface area contributed by atoms with E-state index in [4.69, 9.17) is 0 Å². The summed E-state index contributed by atoms with van der Waals surface area (Å²) in [5.74, 6) is 1.29. The van der Waals surface area contributed by atoms with Crippen molar-refractivity contribution in [3.05, 3.63) is 37.2 Å². The molecule has 76 valence electrons. The first kappa shape index (κ1) is 12.2.